The van der Waals surface area contributed by atoms with Crippen LogP contribution in [0.5, 0.6) is 5.75 Å². The first-order chi connectivity index (χ1) is 17.8. The van der Waals surface area contributed by atoms with Gasteiger partial charge in [0.2, 0.25) is 0 Å². The van der Waals surface area contributed by atoms with Crippen LogP contribution < -0.4 is 19.6 Å². The Labute approximate surface area is 221 Å². The lowest BCUT2D eigenvalue weighted by Gasteiger charge is -2.27. The Bertz CT molecular complexity index is 1570. The van der Waals surface area contributed by atoms with Crippen molar-refractivity contribution in [3.05, 3.63) is 95.1 Å². The Balaban J connectivity index is 2.01. The largest absolute Gasteiger partial charge is 0.496 e. The van der Waals surface area contributed by atoms with E-state index in [1.807, 2.05) is 6.92 Å². The van der Waals surface area contributed by atoms with Crippen molar-refractivity contribution in [1.82, 2.24) is 4.57 Å². The number of aromatic carboxylic acids is 1. The molecule has 37 heavy (non-hydrogen) atoms. The van der Waals surface area contributed by atoms with Gasteiger partial charge in [0.15, 0.2) is 4.80 Å². The number of fused-ring (bicyclic) bond motifs is 1. The summed E-state index contributed by atoms with van der Waals surface area (Å²) >= 11 is 7.54. The van der Waals surface area contributed by atoms with E-state index in [-0.39, 0.29) is 23.3 Å². The maximum Gasteiger partial charge on any atom is 0.338 e. The molecule has 0 amide bonds. The fraction of sp³-hybridized carbons (Fsp3) is 0.259. The standard InChI is InChI=1S/C27H25ClN2O6S/c1-4-6-19-22(26(34)36-5-2)23(18-14-17(28)11-12-20(18)35-3)30-24(31)21(37-27(30)29-19)13-15-7-9-16(10-8-15)25(32)33/h7-14,23H,4-6H2,1-3H3,(H,32,33)/b21-13+/t23-/m1/s1. The van der Waals surface area contributed by atoms with Crippen molar-refractivity contribution in [1.29, 1.82) is 0 Å². The van der Waals surface area contributed by atoms with E-state index < -0.39 is 18.0 Å². The highest BCUT2D eigenvalue weighted by Crippen LogP contribution is 2.38. The van der Waals surface area contributed by atoms with Gasteiger partial charge in [-0.3, -0.25) is 9.36 Å². The molecule has 2 heterocycles. The number of allylic oxidation sites excluding steroid dienone is 1. The van der Waals surface area contributed by atoms with Crippen molar-refractivity contribution in [3.63, 3.8) is 0 Å². The van der Waals surface area contributed by atoms with Crippen LogP contribution in [0.2, 0.25) is 5.02 Å². The van der Waals surface area contributed by atoms with Gasteiger partial charge in [0, 0.05) is 10.6 Å². The van der Waals surface area contributed by atoms with Gasteiger partial charge >= 0.3 is 11.9 Å². The van der Waals surface area contributed by atoms with Crippen LogP contribution in [0.25, 0.3) is 6.08 Å². The zero-order chi connectivity index (χ0) is 26.7. The number of aromatic nitrogens is 1. The molecule has 0 fully saturated rings. The molecule has 10 heteroatoms. The van der Waals surface area contributed by atoms with E-state index in [0.717, 1.165) is 6.42 Å². The van der Waals surface area contributed by atoms with Crippen LogP contribution in [0.15, 0.2) is 63.5 Å². The number of rotatable bonds is 8. The number of nitrogens with zero attached hydrogens (tertiary/aromatic N) is 2. The highest BCUT2D eigenvalue weighted by molar-refractivity contribution is 7.07. The first-order valence-electron chi connectivity index (χ1n) is 11.7. The highest BCUT2D eigenvalue weighted by atomic mass is 35.5. The predicted octanol–water partition coefficient (Wildman–Crippen LogP) is 3.94. The number of ether oxygens (including phenoxy) is 2. The minimum absolute atomic E-state index is 0.148. The van der Waals surface area contributed by atoms with Crippen LogP contribution in [0, 0.1) is 0 Å². The predicted molar refractivity (Wildman–Crippen MR) is 141 cm³/mol. The number of carboxylic acid groups (broad SMARTS) is 1. The molecule has 192 valence electrons. The normalized spacial score (nSPS) is 15.2. The quantitative estimate of drug-likeness (QED) is 0.434. The van der Waals surface area contributed by atoms with Gasteiger partial charge in [-0.1, -0.05) is 48.4 Å². The van der Waals surface area contributed by atoms with E-state index in [2.05, 4.69) is 0 Å². The average molecular weight is 541 g/mol. The summed E-state index contributed by atoms with van der Waals surface area (Å²) in [6.45, 7) is 3.87. The molecule has 1 aromatic heterocycles. The second kappa shape index (κ2) is 11.1. The van der Waals surface area contributed by atoms with E-state index in [1.165, 1.54) is 35.1 Å². The highest BCUT2D eigenvalue weighted by Gasteiger charge is 2.36. The smallest absolute Gasteiger partial charge is 0.338 e. The second-order valence-corrected chi connectivity index (χ2v) is 9.67. The monoisotopic (exact) mass is 540 g/mol. The van der Waals surface area contributed by atoms with E-state index in [4.69, 9.17) is 31.2 Å². The van der Waals surface area contributed by atoms with Crippen LogP contribution in [0.1, 0.15) is 54.2 Å². The van der Waals surface area contributed by atoms with Gasteiger partial charge in [-0.2, -0.15) is 0 Å². The number of carbonyl (C=O) groups is 2. The van der Waals surface area contributed by atoms with Crippen LogP contribution in [0.3, 0.4) is 0 Å². The molecule has 0 saturated carbocycles. The van der Waals surface area contributed by atoms with E-state index in [1.54, 1.807) is 43.3 Å². The van der Waals surface area contributed by atoms with Crippen LogP contribution >= 0.6 is 22.9 Å². The molecular formula is C27H25ClN2O6S. The number of carboxylic acids is 1. The Hall–Kier alpha value is -3.69. The fourth-order valence-corrected chi connectivity index (χ4v) is 5.41. The van der Waals surface area contributed by atoms with Gasteiger partial charge < -0.3 is 14.6 Å². The van der Waals surface area contributed by atoms with Gasteiger partial charge in [0.1, 0.15) is 11.8 Å². The molecule has 1 atom stereocenters. The van der Waals surface area contributed by atoms with Crippen molar-refractivity contribution in [2.75, 3.05) is 13.7 Å². The Kier molecular flexibility index (Phi) is 7.94. The summed E-state index contributed by atoms with van der Waals surface area (Å²) in [6, 6.07) is 10.4. The molecule has 1 N–H and O–H groups in total. The Morgan fingerprint density at radius 2 is 1.92 bits per heavy atom. The molecule has 8 nitrogen and oxygen atoms in total. The molecule has 2 aromatic carbocycles. The molecule has 4 rings (SSSR count). The summed E-state index contributed by atoms with van der Waals surface area (Å²) in [6.07, 6.45) is 2.91. The lowest BCUT2D eigenvalue weighted by Crippen LogP contribution is -2.40. The van der Waals surface area contributed by atoms with Crippen molar-refractivity contribution in [2.24, 2.45) is 4.99 Å². The van der Waals surface area contributed by atoms with E-state index in [0.29, 0.717) is 43.4 Å². The summed E-state index contributed by atoms with van der Waals surface area (Å²) in [7, 11) is 1.51. The zero-order valence-corrected chi connectivity index (χ0v) is 22.1. The molecular weight excluding hydrogens is 516 g/mol. The van der Waals surface area contributed by atoms with Crippen molar-refractivity contribution in [2.45, 2.75) is 32.7 Å². The molecule has 1 aliphatic rings. The summed E-state index contributed by atoms with van der Waals surface area (Å²) in [5, 5.41) is 9.58. The Morgan fingerprint density at radius 1 is 1.19 bits per heavy atom. The van der Waals surface area contributed by atoms with Crippen LogP contribution in [-0.2, 0) is 9.53 Å². The number of benzene rings is 2. The first kappa shape index (κ1) is 26.4. The number of carbonyl (C=O) groups excluding carboxylic acids is 1. The number of hydrogen-bond acceptors (Lipinski definition) is 7. The summed E-state index contributed by atoms with van der Waals surface area (Å²) in [5.41, 5.74) is 1.82. The summed E-state index contributed by atoms with van der Waals surface area (Å²) in [5.74, 6) is -1.12. The molecule has 0 aliphatic carbocycles. The number of thiazole rings is 1. The fourth-order valence-electron chi connectivity index (χ4n) is 4.21. The molecule has 0 spiro atoms. The third-order valence-electron chi connectivity index (χ3n) is 5.83. The van der Waals surface area contributed by atoms with Crippen LogP contribution in [0.4, 0.5) is 0 Å². The molecule has 0 radical (unpaired) electrons. The van der Waals surface area contributed by atoms with E-state index >= 15 is 0 Å². The van der Waals surface area contributed by atoms with Gasteiger partial charge in [0.05, 0.1) is 35.1 Å². The van der Waals surface area contributed by atoms with Crippen molar-refractivity contribution in [3.8, 4) is 5.75 Å². The topological polar surface area (TPSA) is 107 Å². The SMILES string of the molecule is CCCC1=C(C(=O)OCC)[C@@H](c2cc(Cl)ccc2OC)n2c(s/c(=C/c3ccc(C(=O)O)cc3)c2=O)=N1. The third-order valence-corrected chi connectivity index (χ3v) is 7.05. The molecule has 1 aliphatic heterocycles. The second-order valence-electron chi connectivity index (χ2n) is 8.23. The minimum atomic E-state index is -1.03. The minimum Gasteiger partial charge on any atom is -0.496 e. The van der Waals surface area contributed by atoms with Gasteiger partial charge in [-0.15, -0.1) is 0 Å². The van der Waals surface area contributed by atoms with Gasteiger partial charge in [-0.25, -0.2) is 14.6 Å². The molecule has 3 aromatic rings. The lowest BCUT2D eigenvalue weighted by atomic mass is 9.93. The summed E-state index contributed by atoms with van der Waals surface area (Å²) < 4.78 is 12.9. The van der Waals surface area contributed by atoms with Crippen molar-refractivity contribution >= 4 is 41.0 Å². The Morgan fingerprint density at radius 3 is 2.54 bits per heavy atom. The maximum absolute atomic E-state index is 13.8. The zero-order valence-electron chi connectivity index (χ0n) is 20.5. The molecule has 0 bridgehead atoms. The number of hydrogen-bond donors (Lipinski definition) is 1. The first-order valence-corrected chi connectivity index (χ1v) is 12.9. The van der Waals surface area contributed by atoms with E-state index in [9.17, 15) is 14.4 Å². The van der Waals surface area contributed by atoms with Gasteiger partial charge in [0.25, 0.3) is 5.56 Å². The van der Waals surface area contributed by atoms with Crippen LogP contribution in [-0.4, -0.2) is 35.3 Å². The lowest BCUT2D eigenvalue weighted by molar-refractivity contribution is -0.139. The number of halogens is 1. The number of esters is 1. The average Bonchev–Trinajstić information content (AvgIpc) is 3.18. The molecule has 0 unspecified atom stereocenters. The van der Waals surface area contributed by atoms with Gasteiger partial charge in [-0.05, 0) is 55.3 Å². The third kappa shape index (κ3) is 5.23. The summed E-state index contributed by atoms with van der Waals surface area (Å²) in [4.78, 5) is 43.4. The van der Waals surface area contributed by atoms with Crippen molar-refractivity contribution < 1.29 is 24.2 Å². The maximum atomic E-state index is 13.8. The molecule has 0 saturated heterocycles. The number of methoxy groups -OCH3 is 1.